The van der Waals surface area contributed by atoms with Crippen LogP contribution in [0.15, 0.2) is 12.8 Å². The van der Waals surface area contributed by atoms with E-state index in [1.807, 2.05) is 0 Å². The Balaban J connectivity index is 0. The molecule has 11 heavy (non-hydrogen) atoms. The number of rotatable bonds is 3. The maximum atomic E-state index is 10.0. The van der Waals surface area contributed by atoms with Gasteiger partial charge in [-0.25, -0.2) is 0 Å². The lowest BCUT2D eigenvalue weighted by Crippen LogP contribution is -1.98. The van der Waals surface area contributed by atoms with Gasteiger partial charge >= 0.3 is 5.97 Å². The van der Waals surface area contributed by atoms with Crippen LogP contribution in [0.25, 0.3) is 0 Å². The minimum atomic E-state index is -0.377. The molecule has 0 heterocycles. The van der Waals surface area contributed by atoms with E-state index in [2.05, 4.69) is 23.9 Å². The number of carbonyl (C=O) groups is 1. The molecule has 0 fully saturated rings. The molecule has 5 heteroatoms. The molecule has 2 N–H and O–H groups in total. The van der Waals surface area contributed by atoms with Crippen LogP contribution in [-0.4, -0.2) is 35.1 Å². The van der Waals surface area contributed by atoms with E-state index in [1.165, 1.54) is 0 Å². The van der Waals surface area contributed by atoms with E-state index < -0.39 is 0 Å². The molecule has 0 aliphatic carbocycles. The Bertz CT molecular complexity index is 103. The highest BCUT2D eigenvalue weighted by Gasteiger charge is 1.90. The first-order chi connectivity index (χ1) is 5.22. The van der Waals surface area contributed by atoms with Crippen molar-refractivity contribution in [2.45, 2.75) is 0 Å². The van der Waals surface area contributed by atoms with Crippen molar-refractivity contribution >= 4 is 18.6 Å². The fourth-order valence-electron chi connectivity index (χ4n) is 0.130. The summed E-state index contributed by atoms with van der Waals surface area (Å²) >= 11 is 3.63. The third-order valence-corrected chi connectivity index (χ3v) is 0.702. The van der Waals surface area contributed by atoms with E-state index in [-0.39, 0.29) is 24.9 Å². The Morgan fingerprint density at radius 3 is 2.09 bits per heavy atom. The second kappa shape index (κ2) is 12.2. The number of aliphatic hydroxyl groups excluding tert-OH is 2. The van der Waals surface area contributed by atoms with Gasteiger partial charge in [-0.1, -0.05) is 6.58 Å². The second-order valence-electron chi connectivity index (χ2n) is 1.26. The number of hydrogen-bond acceptors (Lipinski definition) is 5. The lowest BCUT2D eigenvalue weighted by molar-refractivity contribution is -0.134. The van der Waals surface area contributed by atoms with Gasteiger partial charge in [0.05, 0.1) is 25.2 Å². The Labute approximate surface area is 70.9 Å². The molecule has 0 aliphatic heterocycles. The number of hydrogen-bond donors (Lipinski definition) is 3. The van der Waals surface area contributed by atoms with Gasteiger partial charge < -0.3 is 14.9 Å². The predicted molar refractivity (Wildman–Crippen MR) is 44.3 cm³/mol. The smallest absolute Gasteiger partial charge is 0.320 e. The van der Waals surface area contributed by atoms with Gasteiger partial charge in [0.15, 0.2) is 0 Å². The minimum Gasteiger partial charge on any atom is -0.435 e. The van der Waals surface area contributed by atoms with E-state index in [0.29, 0.717) is 0 Å². The Kier molecular flexibility index (Phi) is 14.5. The highest BCUT2D eigenvalue weighted by atomic mass is 32.1. The molecule has 0 bridgehead atoms. The number of carbonyl (C=O) groups excluding carboxylic acids is 1. The molecule has 0 rings (SSSR count). The second-order valence-corrected chi connectivity index (χ2v) is 1.58. The number of thiol groups is 1. The van der Waals surface area contributed by atoms with Crippen molar-refractivity contribution in [1.82, 2.24) is 0 Å². The third kappa shape index (κ3) is 17.7. The molecule has 0 aliphatic rings. The van der Waals surface area contributed by atoms with Crippen molar-refractivity contribution in [3.63, 3.8) is 0 Å². The van der Waals surface area contributed by atoms with Gasteiger partial charge in [-0.2, -0.15) is 12.6 Å². The zero-order valence-corrected chi connectivity index (χ0v) is 6.96. The lowest BCUT2D eigenvalue weighted by Gasteiger charge is -1.88. The molecule has 0 aromatic heterocycles. The fourth-order valence-corrected chi connectivity index (χ4v) is 0.205. The molecule has 66 valence electrons. The standard InChI is InChI=1S/C4H6O2S.C2H6O2/c1-2-6-4(5)3-7;3-1-2-4/h2,7H,1,3H2;3-4H,1-2H2. The summed E-state index contributed by atoms with van der Waals surface area (Å²) in [5.41, 5.74) is 0. The van der Waals surface area contributed by atoms with Gasteiger partial charge in [0.1, 0.15) is 0 Å². The van der Waals surface area contributed by atoms with Crippen molar-refractivity contribution in [2.75, 3.05) is 19.0 Å². The molecule has 0 unspecified atom stereocenters. The van der Waals surface area contributed by atoms with Crippen LogP contribution in [-0.2, 0) is 9.53 Å². The van der Waals surface area contributed by atoms with E-state index in [1.54, 1.807) is 0 Å². The third-order valence-electron chi connectivity index (χ3n) is 0.444. The summed E-state index contributed by atoms with van der Waals surface area (Å²) < 4.78 is 4.24. The summed E-state index contributed by atoms with van der Waals surface area (Å²) in [6, 6.07) is 0. The Morgan fingerprint density at radius 1 is 1.55 bits per heavy atom. The van der Waals surface area contributed by atoms with E-state index in [4.69, 9.17) is 10.2 Å². The molecule has 4 nitrogen and oxygen atoms in total. The van der Waals surface area contributed by atoms with Crippen molar-refractivity contribution in [3.8, 4) is 0 Å². The summed E-state index contributed by atoms with van der Waals surface area (Å²) in [7, 11) is 0. The Hall–Kier alpha value is -0.520. The zero-order valence-electron chi connectivity index (χ0n) is 6.06. The minimum absolute atomic E-state index is 0.103. The summed E-state index contributed by atoms with van der Waals surface area (Å²) in [5, 5.41) is 15.2. The first kappa shape index (κ1) is 13.1. The van der Waals surface area contributed by atoms with Crippen LogP contribution >= 0.6 is 12.6 Å². The normalized spacial score (nSPS) is 7.55. The van der Waals surface area contributed by atoms with Crippen molar-refractivity contribution in [3.05, 3.63) is 12.8 Å². The molecule has 0 aromatic carbocycles. The van der Waals surface area contributed by atoms with E-state index >= 15 is 0 Å². The number of ether oxygens (including phenoxy) is 1. The summed E-state index contributed by atoms with van der Waals surface area (Å²) in [5.74, 6) is -0.273. The molecule has 0 saturated heterocycles. The average Bonchev–Trinajstić information content (AvgIpc) is 2.05. The maximum absolute atomic E-state index is 10.0. The largest absolute Gasteiger partial charge is 0.435 e. The van der Waals surface area contributed by atoms with Crippen LogP contribution in [0.2, 0.25) is 0 Å². The van der Waals surface area contributed by atoms with Gasteiger partial charge in [0.25, 0.3) is 0 Å². The van der Waals surface area contributed by atoms with Crippen LogP contribution < -0.4 is 0 Å². The van der Waals surface area contributed by atoms with Crippen LogP contribution in [0.4, 0.5) is 0 Å². The first-order valence-corrected chi connectivity index (χ1v) is 3.49. The van der Waals surface area contributed by atoms with Crippen molar-refractivity contribution < 1.29 is 19.7 Å². The van der Waals surface area contributed by atoms with Crippen LogP contribution in [0.1, 0.15) is 0 Å². The summed E-state index contributed by atoms with van der Waals surface area (Å²) in [6.07, 6.45) is 1.08. The average molecular weight is 180 g/mol. The fraction of sp³-hybridized carbons (Fsp3) is 0.500. The van der Waals surface area contributed by atoms with Gasteiger partial charge in [-0.3, -0.25) is 4.79 Å². The topological polar surface area (TPSA) is 66.8 Å². The SMILES string of the molecule is C=COC(=O)CS.OCCO. The van der Waals surface area contributed by atoms with Crippen molar-refractivity contribution in [2.24, 2.45) is 0 Å². The quantitative estimate of drug-likeness (QED) is 0.313. The Morgan fingerprint density at radius 2 is 2.00 bits per heavy atom. The van der Waals surface area contributed by atoms with Crippen LogP contribution in [0.3, 0.4) is 0 Å². The molecular weight excluding hydrogens is 168 g/mol. The first-order valence-electron chi connectivity index (χ1n) is 2.85. The molecule has 0 radical (unpaired) electrons. The summed E-state index contributed by atoms with van der Waals surface area (Å²) in [4.78, 5) is 10.0. The molecule has 0 spiro atoms. The predicted octanol–water partition coefficient (Wildman–Crippen LogP) is -0.426. The maximum Gasteiger partial charge on any atom is 0.320 e. The molecule has 0 aromatic rings. The molecular formula is C6H12O4S. The molecule has 0 atom stereocenters. The van der Waals surface area contributed by atoms with Crippen LogP contribution in [0, 0.1) is 0 Å². The lowest BCUT2D eigenvalue weighted by atomic mass is 10.8. The zero-order chi connectivity index (χ0) is 9.11. The van der Waals surface area contributed by atoms with E-state index in [0.717, 1.165) is 6.26 Å². The number of esters is 1. The highest BCUT2D eigenvalue weighted by Crippen LogP contribution is 1.79. The highest BCUT2D eigenvalue weighted by molar-refractivity contribution is 7.81. The number of aliphatic hydroxyl groups is 2. The van der Waals surface area contributed by atoms with Crippen molar-refractivity contribution in [1.29, 1.82) is 0 Å². The van der Waals surface area contributed by atoms with Gasteiger partial charge in [-0.15, -0.1) is 0 Å². The monoisotopic (exact) mass is 180 g/mol. The van der Waals surface area contributed by atoms with E-state index in [9.17, 15) is 4.79 Å². The summed E-state index contributed by atoms with van der Waals surface area (Å²) in [6.45, 7) is 2.92. The van der Waals surface area contributed by atoms with Gasteiger partial charge in [-0.05, 0) is 0 Å². The van der Waals surface area contributed by atoms with Crippen LogP contribution in [0.5, 0.6) is 0 Å². The molecule has 0 amide bonds. The van der Waals surface area contributed by atoms with Gasteiger partial charge in [0, 0.05) is 0 Å². The molecule has 0 saturated carbocycles. The van der Waals surface area contributed by atoms with Gasteiger partial charge in [0.2, 0.25) is 0 Å².